The Morgan fingerprint density at radius 2 is 2.15 bits per heavy atom. The summed E-state index contributed by atoms with van der Waals surface area (Å²) in [5, 5.41) is 6.00. The van der Waals surface area contributed by atoms with Gasteiger partial charge in [-0.2, -0.15) is 0 Å². The van der Waals surface area contributed by atoms with Crippen LogP contribution in [0.15, 0.2) is 16.9 Å². The zero-order valence-corrected chi connectivity index (χ0v) is 7.61. The molecular weight excluding hydrogens is 192 g/mol. The maximum Gasteiger partial charge on any atom is 0.273 e. The lowest BCUT2D eigenvalue weighted by Gasteiger charge is -1.99. The molecule has 0 radical (unpaired) electrons. The normalized spacial score (nSPS) is 10.6. The number of methoxy groups -OCH3 is 1. The molecule has 0 saturated heterocycles. The minimum atomic E-state index is -0.220. The fraction of sp³-hybridized carbons (Fsp3) is 0.125. The SMILES string of the molecule is COc1cc(Cl)c2c(=O)[nH][nH]c2c1. The molecule has 0 atom stereocenters. The third-order valence-electron chi connectivity index (χ3n) is 1.84. The molecule has 1 aromatic carbocycles. The molecule has 0 aliphatic carbocycles. The van der Waals surface area contributed by atoms with Crippen LogP contribution < -0.4 is 10.3 Å². The van der Waals surface area contributed by atoms with Crippen LogP contribution in [0.4, 0.5) is 0 Å². The Morgan fingerprint density at radius 1 is 1.38 bits per heavy atom. The minimum Gasteiger partial charge on any atom is -0.497 e. The van der Waals surface area contributed by atoms with Gasteiger partial charge in [-0.05, 0) is 6.07 Å². The number of nitrogens with one attached hydrogen (secondary N) is 2. The van der Waals surface area contributed by atoms with E-state index in [0.29, 0.717) is 21.7 Å². The van der Waals surface area contributed by atoms with E-state index in [4.69, 9.17) is 16.3 Å². The molecule has 0 spiro atoms. The summed E-state index contributed by atoms with van der Waals surface area (Å²) in [5.41, 5.74) is 0.428. The molecule has 13 heavy (non-hydrogen) atoms. The maximum absolute atomic E-state index is 11.2. The second-order valence-corrected chi connectivity index (χ2v) is 3.02. The Labute approximate surface area is 78.5 Å². The summed E-state index contributed by atoms with van der Waals surface area (Å²) in [7, 11) is 1.54. The molecule has 0 bridgehead atoms. The fourth-order valence-electron chi connectivity index (χ4n) is 1.22. The smallest absolute Gasteiger partial charge is 0.273 e. The highest BCUT2D eigenvalue weighted by atomic mass is 35.5. The van der Waals surface area contributed by atoms with Gasteiger partial charge in [0.05, 0.1) is 23.0 Å². The first-order chi connectivity index (χ1) is 6.22. The van der Waals surface area contributed by atoms with Crippen LogP contribution >= 0.6 is 11.6 Å². The summed E-state index contributed by atoms with van der Waals surface area (Å²) in [4.78, 5) is 11.2. The van der Waals surface area contributed by atoms with Crippen molar-refractivity contribution in [2.24, 2.45) is 0 Å². The highest BCUT2D eigenvalue weighted by Gasteiger charge is 2.07. The van der Waals surface area contributed by atoms with Gasteiger partial charge < -0.3 is 4.74 Å². The van der Waals surface area contributed by atoms with E-state index in [1.807, 2.05) is 0 Å². The largest absolute Gasteiger partial charge is 0.497 e. The summed E-state index contributed by atoms with van der Waals surface area (Å²) >= 11 is 5.87. The molecule has 1 aromatic heterocycles. The predicted octanol–water partition coefficient (Wildman–Crippen LogP) is 1.52. The number of benzene rings is 1. The van der Waals surface area contributed by atoms with E-state index in [1.54, 1.807) is 19.2 Å². The van der Waals surface area contributed by atoms with E-state index < -0.39 is 0 Å². The molecule has 0 unspecified atom stereocenters. The number of rotatable bonds is 1. The van der Waals surface area contributed by atoms with Crippen molar-refractivity contribution in [1.29, 1.82) is 0 Å². The van der Waals surface area contributed by atoms with Crippen LogP contribution in [-0.2, 0) is 0 Å². The van der Waals surface area contributed by atoms with Crippen molar-refractivity contribution in [2.75, 3.05) is 7.11 Å². The average Bonchev–Trinajstić information content (AvgIpc) is 2.48. The Morgan fingerprint density at radius 3 is 2.85 bits per heavy atom. The van der Waals surface area contributed by atoms with Gasteiger partial charge in [0.2, 0.25) is 0 Å². The van der Waals surface area contributed by atoms with Gasteiger partial charge in [-0.15, -0.1) is 0 Å². The average molecular weight is 199 g/mol. The number of aromatic nitrogens is 2. The summed E-state index contributed by atoms with van der Waals surface area (Å²) in [6.45, 7) is 0. The van der Waals surface area contributed by atoms with Crippen LogP contribution in [0.3, 0.4) is 0 Å². The number of ether oxygens (including phenoxy) is 1. The molecule has 0 amide bonds. The maximum atomic E-state index is 11.2. The molecule has 0 fully saturated rings. The topological polar surface area (TPSA) is 57.9 Å². The molecule has 1 heterocycles. The van der Waals surface area contributed by atoms with Crippen LogP contribution in [-0.4, -0.2) is 17.3 Å². The van der Waals surface area contributed by atoms with E-state index in [2.05, 4.69) is 10.2 Å². The van der Waals surface area contributed by atoms with E-state index >= 15 is 0 Å². The van der Waals surface area contributed by atoms with Crippen LogP contribution in [0.1, 0.15) is 0 Å². The molecule has 0 aliphatic rings. The quantitative estimate of drug-likeness (QED) is 0.730. The lowest BCUT2D eigenvalue weighted by Crippen LogP contribution is -1.97. The van der Waals surface area contributed by atoms with Crippen molar-refractivity contribution in [3.05, 3.63) is 27.5 Å². The molecular formula is C8H7ClN2O2. The third-order valence-corrected chi connectivity index (χ3v) is 2.14. The first kappa shape index (κ1) is 8.19. The number of aromatic amines is 2. The van der Waals surface area contributed by atoms with Crippen molar-refractivity contribution in [3.8, 4) is 5.75 Å². The molecule has 4 nitrogen and oxygen atoms in total. The van der Waals surface area contributed by atoms with Crippen molar-refractivity contribution >= 4 is 22.5 Å². The van der Waals surface area contributed by atoms with E-state index in [0.717, 1.165) is 0 Å². The van der Waals surface area contributed by atoms with Gasteiger partial charge in [-0.3, -0.25) is 15.0 Å². The van der Waals surface area contributed by atoms with E-state index in [1.165, 1.54) is 0 Å². The van der Waals surface area contributed by atoms with Crippen molar-refractivity contribution in [3.63, 3.8) is 0 Å². The summed E-state index contributed by atoms with van der Waals surface area (Å²) in [5.74, 6) is 0.618. The zero-order chi connectivity index (χ0) is 9.42. The lowest BCUT2D eigenvalue weighted by atomic mass is 10.2. The van der Waals surface area contributed by atoms with Gasteiger partial charge in [0.25, 0.3) is 5.56 Å². The van der Waals surface area contributed by atoms with E-state index in [9.17, 15) is 4.79 Å². The van der Waals surface area contributed by atoms with Crippen LogP contribution in [0.2, 0.25) is 5.02 Å². The minimum absolute atomic E-state index is 0.220. The lowest BCUT2D eigenvalue weighted by molar-refractivity contribution is 0.415. The molecule has 0 aliphatic heterocycles. The highest BCUT2D eigenvalue weighted by Crippen LogP contribution is 2.24. The van der Waals surface area contributed by atoms with Crippen molar-refractivity contribution in [2.45, 2.75) is 0 Å². The van der Waals surface area contributed by atoms with Crippen LogP contribution in [0.25, 0.3) is 10.9 Å². The van der Waals surface area contributed by atoms with Crippen LogP contribution in [0.5, 0.6) is 5.75 Å². The van der Waals surface area contributed by atoms with Gasteiger partial charge >= 0.3 is 0 Å². The first-order valence-electron chi connectivity index (χ1n) is 3.66. The third kappa shape index (κ3) is 1.19. The molecule has 0 saturated carbocycles. The molecule has 68 valence electrons. The zero-order valence-electron chi connectivity index (χ0n) is 6.85. The number of hydrogen-bond donors (Lipinski definition) is 2. The van der Waals surface area contributed by atoms with Gasteiger partial charge in [-0.1, -0.05) is 11.6 Å². The van der Waals surface area contributed by atoms with Gasteiger partial charge in [-0.25, -0.2) is 0 Å². The van der Waals surface area contributed by atoms with Gasteiger partial charge in [0.1, 0.15) is 5.75 Å². The number of halogens is 1. The molecule has 2 N–H and O–H groups in total. The summed E-state index contributed by atoms with van der Waals surface area (Å²) in [6, 6.07) is 3.31. The monoisotopic (exact) mass is 198 g/mol. The number of fused-ring (bicyclic) bond motifs is 1. The van der Waals surface area contributed by atoms with Crippen molar-refractivity contribution < 1.29 is 4.74 Å². The Hall–Kier alpha value is -1.42. The molecule has 2 aromatic rings. The van der Waals surface area contributed by atoms with E-state index in [-0.39, 0.29) is 5.56 Å². The molecule has 2 rings (SSSR count). The first-order valence-corrected chi connectivity index (χ1v) is 4.04. The Balaban J connectivity index is 2.87. The van der Waals surface area contributed by atoms with Crippen molar-refractivity contribution in [1.82, 2.24) is 10.2 Å². The second-order valence-electron chi connectivity index (χ2n) is 2.61. The van der Waals surface area contributed by atoms with Gasteiger partial charge in [0.15, 0.2) is 0 Å². The Bertz CT molecular complexity index is 500. The van der Waals surface area contributed by atoms with Gasteiger partial charge in [0, 0.05) is 6.07 Å². The standard InChI is InChI=1S/C8H7ClN2O2/c1-13-4-2-5(9)7-6(3-4)10-11-8(7)12/h2-3H,1H3,(H2,10,11,12). The summed E-state index contributed by atoms with van der Waals surface area (Å²) < 4.78 is 4.99. The Kier molecular flexibility index (Phi) is 1.77. The fourth-order valence-corrected chi connectivity index (χ4v) is 1.51. The number of H-pyrrole nitrogens is 2. The second kappa shape index (κ2) is 2.81. The predicted molar refractivity (Wildman–Crippen MR) is 50.5 cm³/mol. The molecule has 5 heteroatoms. The number of hydrogen-bond acceptors (Lipinski definition) is 2. The van der Waals surface area contributed by atoms with Crippen LogP contribution in [0, 0.1) is 0 Å². The highest BCUT2D eigenvalue weighted by molar-refractivity contribution is 6.35. The summed E-state index contributed by atoms with van der Waals surface area (Å²) in [6.07, 6.45) is 0.